The Bertz CT molecular complexity index is 444. The summed E-state index contributed by atoms with van der Waals surface area (Å²) in [5, 5.41) is 10.3. The van der Waals surface area contributed by atoms with Crippen LogP contribution in [0.25, 0.3) is 0 Å². The highest BCUT2D eigenvalue weighted by atomic mass is 35.5. The topological polar surface area (TPSA) is 66.4 Å². The summed E-state index contributed by atoms with van der Waals surface area (Å²) in [7, 11) is 0. The van der Waals surface area contributed by atoms with Crippen molar-refractivity contribution in [3.63, 3.8) is 0 Å². The van der Waals surface area contributed by atoms with Crippen molar-refractivity contribution >= 4 is 29.2 Å². The largest absolute Gasteiger partial charge is 0.480 e. The van der Waals surface area contributed by atoms with Crippen molar-refractivity contribution in [2.75, 3.05) is 5.32 Å². The third-order valence-corrected chi connectivity index (χ3v) is 2.70. The van der Waals surface area contributed by atoms with Crippen molar-refractivity contribution < 1.29 is 14.7 Å². The van der Waals surface area contributed by atoms with Crippen LogP contribution in [0.3, 0.4) is 0 Å². The Morgan fingerprint density at radius 1 is 1.53 bits per heavy atom. The molecule has 0 aliphatic carbocycles. The Morgan fingerprint density at radius 2 is 2.27 bits per heavy atom. The first-order chi connectivity index (χ1) is 7.08. The maximum absolute atomic E-state index is 11.1. The smallest absolute Gasteiger partial charge is 0.326 e. The zero-order valence-electron chi connectivity index (χ0n) is 7.66. The summed E-state index contributed by atoms with van der Waals surface area (Å²) in [6.07, 6.45) is 0.284. The lowest BCUT2D eigenvalue weighted by Crippen LogP contribution is -2.05. The Kier molecular flexibility index (Phi) is 2.36. The van der Waals surface area contributed by atoms with Crippen LogP contribution in [0, 0.1) is 0 Å². The van der Waals surface area contributed by atoms with Crippen LogP contribution in [0.5, 0.6) is 0 Å². The Hall–Kier alpha value is -1.55. The molecule has 1 atom stereocenters. The summed E-state index contributed by atoms with van der Waals surface area (Å²) >= 11 is 5.67. The van der Waals surface area contributed by atoms with E-state index < -0.39 is 11.3 Å². The maximum atomic E-state index is 11.1. The predicted molar refractivity (Wildman–Crippen MR) is 55.0 cm³/mol. The lowest BCUT2D eigenvalue weighted by molar-refractivity contribution is -0.136. The minimum absolute atomic E-state index is 0.0800. The van der Waals surface area contributed by atoms with E-state index in [1.54, 1.807) is 18.2 Å². The van der Waals surface area contributed by atoms with Crippen LogP contribution in [0.15, 0.2) is 18.2 Å². The van der Waals surface area contributed by atoms with Gasteiger partial charge in [0.1, 0.15) is 0 Å². The molecule has 0 bridgehead atoms. The monoisotopic (exact) mass is 225 g/mol. The molecule has 1 aliphatic heterocycles. The van der Waals surface area contributed by atoms with Gasteiger partial charge in [0.2, 0.25) is 5.91 Å². The number of carboxylic acids is 1. The molecule has 0 spiro atoms. The average molecular weight is 226 g/mol. The van der Waals surface area contributed by atoms with E-state index in [2.05, 4.69) is 5.32 Å². The van der Waals surface area contributed by atoms with Crippen molar-refractivity contribution in [2.24, 2.45) is 0 Å². The zero-order valence-corrected chi connectivity index (χ0v) is 8.41. The van der Waals surface area contributed by atoms with Crippen LogP contribution in [-0.4, -0.2) is 17.0 Å². The van der Waals surface area contributed by atoms with Gasteiger partial charge in [-0.15, -0.1) is 11.6 Å². The van der Waals surface area contributed by atoms with E-state index in [1.807, 2.05) is 0 Å². The SMILES string of the molecule is O=C1Cc2cc(C(Cl)C(=O)O)ccc2N1. The minimum Gasteiger partial charge on any atom is -0.480 e. The number of carbonyl (C=O) groups is 2. The minimum atomic E-state index is -1.09. The van der Waals surface area contributed by atoms with Crippen molar-refractivity contribution in [3.05, 3.63) is 29.3 Å². The number of amides is 1. The van der Waals surface area contributed by atoms with Crippen LogP contribution < -0.4 is 5.32 Å². The van der Waals surface area contributed by atoms with E-state index in [0.717, 1.165) is 11.3 Å². The third kappa shape index (κ3) is 1.80. The Morgan fingerprint density at radius 3 is 2.93 bits per heavy atom. The molecule has 2 rings (SSSR count). The van der Waals surface area contributed by atoms with E-state index in [1.165, 1.54) is 0 Å². The standard InChI is InChI=1S/C10H8ClNO3/c11-9(10(14)15)5-1-2-7-6(3-5)4-8(13)12-7/h1-3,9H,4H2,(H,12,13)(H,14,15). The summed E-state index contributed by atoms with van der Waals surface area (Å²) in [6, 6.07) is 4.93. The predicted octanol–water partition coefficient (Wildman–Crippen LogP) is 1.55. The highest BCUT2D eigenvalue weighted by Crippen LogP contribution is 2.28. The molecule has 1 aromatic carbocycles. The van der Waals surface area contributed by atoms with Gasteiger partial charge >= 0.3 is 5.97 Å². The van der Waals surface area contributed by atoms with Crippen LogP contribution in [0.4, 0.5) is 5.69 Å². The fraction of sp³-hybridized carbons (Fsp3) is 0.200. The first-order valence-corrected chi connectivity index (χ1v) is 4.81. The number of benzene rings is 1. The quantitative estimate of drug-likeness (QED) is 0.751. The molecule has 0 fully saturated rings. The second-order valence-electron chi connectivity index (χ2n) is 3.34. The average Bonchev–Trinajstić information content (AvgIpc) is 2.55. The second-order valence-corrected chi connectivity index (χ2v) is 3.78. The summed E-state index contributed by atoms with van der Waals surface area (Å²) in [4.78, 5) is 21.7. The molecule has 0 saturated carbocycles. The van der Waals surface area contributed by atoms with Gasteiger partial charge in [-0.25, -0.2) is 0 Å². The number of anilines is 1. The van der Waals surface area contributed by atoms with E-state index in [4.69, 9.17) is 16.7 Å². The number of hydrogen-bond donors (Lipinski definition) is 2. The van der Waals surface area contributed by atoms with Gasteiger partial charge in [0.15, 0.2) is 5.38 Å². The van der Waals surface area contributed by atoms with E-state index in [-0.39, 0.29) is 12.3 Å². The fourth-order valence-corrected chi connectivity index (χ4v) is 1.69. The van der Waals surface area contributed by atoms with E-state index >= 15 is 0 Å². The number of alkyl halides is 1. The summed E-state index contributed by atoms with van der Waals surface area (Å²) in [5.74, 6) is -1.17. The number of nitrogens with one attached hydrogen (secondary N) is 1. The molecule has 4 nitrogen and oxygen atoms in total. The van der Waals surface area contributed by atoms with Crippen LogP contribution in [-0.2, 0) is 16.0 Å². The normalized spacial score (nSPS) is 15.7. The van der Waals surface area contributed by atoms with Crippen LogP contribution in [0.2, 0.25) is 0 Å². The maximum Gasteiger partial charge on any atom is 0.326 e. The highest BCUT2D eigenvalue weighted by molar-refractivity contribution is 6.29. The second kappa shape index (κ2) is 3.55. The van der Waals surface area contributed by atoms with Crippen LogP contribution >= 0.6 is 11.6 Å². The lowest BCUT2D eigenvalue weighted by Gasteiger charge is -2.06. The number of hydrogen-bond acceptors (Lipinski definition) is 2. The molecule has 1 aromatic rings. The first kappa shape index (κ1) is 9.98. The van der Waals surface area contributed by atoms with Gasteiger partial charge in [-0.2, -0.15) is 0 Å². The molecule has 1 amide bonds. The Balaban J connectivity index is 2.35. The molecule has 15 heavy (non-hydrogen) atoms. The number of halogens is 1. The van der Waals surface area contributed by atoms with Gasteiger partial charge in [-0.3, -0.25) is 9.59 Å². The van der Waals surface area contributed by atoms with Crippen molar-refractivity contribution in [1.82, 2.24) is 0 Å². The van der Waals surface area contributed by atoms with E-state index in [9.17, 15) is 9.59 Å². The molecule has 0 radical (unpaired) electrons. The molecule has 0 saturated heterocycles. The number of rotatable bonds is 2. The number of carbonyl (C=O) groups excluding carboxylic acids is 1. The number of fused-ring (bicyclic) bond motifs is 1. The van der Waals surface area contributed by atoms with Gasteiger partial charge in [0, 0.05) is 5.69 Å². The molecule has 78 valence electrons. The molecule has 2 N–H and O–H groups in total. The lowest BCUT2D eigenvalue weighted by atomic mass is 10.1. The molecule has 1 aliphatic rings. The number of carboxylic acid groups (broad SMARTS) is 1. The van der Waals surface area contributed by atoms with Gasteiger partial charge in [0.05, 0.1) is 6.42 Å². The summed E-state index contributed by atoms with van der Waals surface area (Å²) in [5.41, 5.74) is 2.03. The molecule has 5 heteroatoms. The summed E-state index contributed by atoms with van der Waals surface area (Å²) in [6.45, 7) is 0. The fourth-order valence-electron chi connectivity index (χ4n) is 1.55. The molecular weight excluding hydrogens is 218 g/mol. The third-order valence-electron chi connectivity index (χ3n) is 2.26. The summed E-state index contributed by atoms with van der Waals surface area (Å²) < 4.78 is 0. The Labute approximate surface area is 90.9 Å². The zero-order chi connectivity index (χ0) is 11.0. The van der Waals surface area contributed by atoms with Gasteiger partial charge in [0.25, 0.3) is 0 Å². The molecule has 1 heterocycles. The molecule has 0 aromatic heterocycles. The first-order valence-electron chi connectivity index (χ1n) is 4.37. The van der Waals surface area contributed by atoms with Crippen molar-refractivity contribution in [2.45, 2.75) is 11.8 Å². The van der Waals surface area contributed by atoms with Crippen LogP contribution in [0.1, 0.15) is 16.5 Å². The van der Waals surface area contributed by atoms with E-state index in [0.29, 0.717) is 5.56 Å². The van der Waals surface area contributed by atoms with Gasteiger partial charge < -0.3 is 10.4 Å². The van der Waals surface area contributed by atoms with Crippen molar-refractivity contribution in [1.29, 1.82) is 0 Å². The highest BCUT2D eigenvalue weighted by Gasteiger charge is 2.21. The molecule has 1 unspecified atom stereocenters. The van der Waals surface area contributed by atoms with Gasteiger partial charge in [-0.1, -0.05) is 12.1 Å². The molecular formula is C10H8ClNO3. The van der Waals surface area contributed by atoms with Gasteiger partial charge in [-0.05, 0) is 17.2 Å². The van der Waals surface area contributed by atoms with Crippen molar-refractivity contribution in [3.8, 4) is 0 Å². The number of aliphatic carboxylic acids is 1.